The third-order valence-corrected chi connectivity index (χ3v) is 6.87. The molecule has 1 N–H and O–H groups in total. The van der Waals surface area contributed by atoms with E-state index in [0.717, 1.165) is 12.8 Å². The molecule has 0 aliphatic heterocycles. The molecular weight excluding hydrogens is 599 g/mol. The van der Waals surface area contributed by atoms with Crippen molar-refractivity contribution in [3.63, 3.8) is 0 Å². The molecule has 1 aromatic carbocycles. The molecule has 1 fully saturated rings. The van der Waals surface area contributed by atoms with E-state index in [1.54, 1.807) is 25.1 Å². The van der Waals surface area contributed by atoms with Crippen LogP contribution in [0.1, 0.15) is 40.4 Å². The fourth-order valence-electron chi connectivity index (χ4n) is 3.84. The molecule has 1 atom stereocenters. The van der Waals surface area contributed by atoms with Crippen LogP contribution in [-0.2, 0) is 20.7 Å². The first-order valence-electron chi connectivity index (χ1n) is 12.8. The predicted molar refractivity (Wildman–Crippen MR) is 147 cm³/mol. The van der Waals surface area contributed by atoms with Crippen molar-refractivity contribution in [3.05, 3.63) is 75.7 Å². The Labute approximate surface area is 250 Å². The highest BCUT2D eigenvalue weighted by molar-refractivity contribution is 6.35. The van der Waals surface area contributed by atoms with Gasteiger partial charge in [-0.15, -0.1) is 0 Å². The molecule has 2 heterocycles. The minimum Gasteiger partial charge on any atom is -0.489 e. The van der Waals surface area contributed by atoms with Crippen LogP contribution >= 0.6 is 23.2 Å². The molecule has 2 aromatic heterocycles. The van der Waals surface area contributed by atoms with E-state index >= 15 is 0 Å². The zero-order chi connectivity index (χ0) is 30.4. The van der Waals surface area contributed by atoms with Gasteiger partial charge in [-0.25, -0.2) is 14.6 Å². The zero-order valence-corrected chi connectivity index (χ0v) is 24.1. The summed E-state index contributed by atoms with van der Waals surface area (Å²) < 4.78 is 47.9. The molecule has 0 saturated heterocycles. The quantitative estimate of drug-likeness (QED) is 0.158. The first kappa shape index (κ1) is 31.0. The summed E-state index contributed by atoms with van der Waals surface area (Å²) in [7, 11) is 3.59. The number of esters is 2. The Balaban J connectivity index is 1.55. The molecule has 0 unspecified atom stereocenters. The van der Waals surface area contributed by atoms with Crippen LogP contribution in [0, 0.1) is 5.92 Å². The van der Waals surface area contributed by atoms with Gasteiger partial charge >= 0.3 is 18.6 Å². The van der Waals surface area contributed by atoms with Crippen LogP contribution in [0.25, 0.3) is 0 Å². The van der Waals surface area contributed by atoms with Crippen LogP contribution in [0.5, 0.6) is 11.5 Å². The number of rotatable bonds is 13. The molecule has 0 spiro atoms. The van der Waals surface area contributed by atoms with Crippen LogP contribution in [0.3, 0.4) is 0 Å². The first-order chi connectivity index (χ1) is 20.0. The van der Waals surface area contributed by atoms with Gasteiger partial charge in [-0.1, -0.05) is 29.3 Å². The summed E-state index contributed by atoms with van der Waals surface area (Å²) in [5.41, 5.74) is 0.814. The number of anilines is 1. The Bertz CT molecular complexity index is 1400. The van der Waals surface area contributed by atoms with E-state index in [1.807, 2.05) is 0 Å². The van der Waals surface area contributed by atoms with Crippen LogP contribution in [-0.4, -0.2) is 56.1 Å². The number of carbonyl (C=O) groups is 2. The molecule has 3 aromatic rings. The Morgan fingerprint density at radius 1 is 1.12 bits per heavy atom. The summed E-state index contributed by atoms with van der Waals surface area (Å²) in [5, 5.41) is 9.89. The second-order valence-electron chi connectivity index (χ2n) is 9.71. The standard InChI is InChI=1S/C28H28Cl2F2N3O7/c1-34(2)25-8-6-18(11-33-25)27(37)40-15-26(36)41-23(10-19-20(29)12-35(38)13-21(19)30)17-5-7-22(42-28(31)32)24(9-17)39-14-16-3-4-16/h5-9,11-13,16,23,28,38H,3-4,10,14-15H2,1-2H3/q+1/t23-/m0/s1. The van der Waals surface area contributed by atoms with Gasteiger partial charge < -0.3 is 23.8 Å². The van der Waals surface area contributed by atoms with Crippen molar-refractivity contribution >= 4 is 41.0 Å². The lowest BCUT2D eigenvalue weighted by Crippen LogP contribution is -2.29. The number of aromatic nitrogens is 2. The van der Waals surface area contributed by atoms with E-state index in [2.05, 4.69) is 9.72 Å². The summed E-state index contributed by atoms with van der Waals surface area (Å²) in [6.45, 7) is -3.50. The molecule has 1 saturated carbocycles. The molecule has 14 heteroatoms. The molecular formula is C28H28Cl2F2N3O7+. The fourth-order valence-corrected chi connectivity index (χ4v) is 4.45. The second-order valence-corrected chi connectivity index (χ2v) is 10.5. The van der Waals surface area contributed by atoms with Gasteiger partial charge in [0.15, 0.2) is 18.1 Å². The maximum Gasteiger partial charge on any atom is 0.387 e. The van der Waals surface area contributed by atoms with E-state index in [9.17, 15) is 23.6 Å². The summed E-state index contributed by atoms with van der Waals surface area (Å²) in [6.07, 6.45) is 4.50. The van der Waals surface area contributed by atoms with Crippen LogP contribution in [0.2, 0.25) is 10.0 Å². The van der Waals surface area contributed by atoms with Crippen LogP contribution in [0.4, 0.5) is 14.6 Å². The van der Waals surface area contributed by atoms with E-state index < -0.39 is 31.3 Å². The lowest BCUT2D eigenvalue weighted by Gasteiger charge is -2.21. The highest BCUT2D eigenvalue weighted by atomic mass is 35.5. The van der Waals surface area contributed by atoms with Gasteiger partial charge in [-0.2, -0.15) is 8.78 Å². The van der Waals surface area contributed by atoms with Crippen LogP contribution < -0.4 is 19.1 Å². The monoisotopic (exact) mass is 626 g/mol. The topological polar surface area (TPSA) is 111 Å². The normalized spacial score (nSPS) is 13.4. The number of benzene rings is 1. The number of hydrogen-bond donors (Lipinski definition) is 1. The third kappa shape index (κ3) is 8.56. The first-order valence-corrected chi connectivity index (χ1v) is 13.6. The minimum absolute atomic E-state index is 0.0410. The van der Waals surface area contributed by atoms with Crippen molar-refractivity contribution in [2.24, 2.45) is 5.92 Å². The van der Waals surface area contributed by atoms with Crippen molar-refractivity contribution < 1.29 is 47.3 Å². The molecule has 0 amide bonds. The predicted octanol–water partition coefficient (Wildman–Crippen LogP) is 5.05. The maximum absolute atomic E-state index is 13.0. The number of alkyl halides is 2. The summed E-state index contributed by atoms with van der Waals surface area (Å²) >= 11 is 12.6. The van der Waals surface area contributed by atoms with Gasteiger partial charge in [-0.3, -0.25) is 5.21 Å². The van der Waals surface area contributed by atoms with E-state index in [-0.39, 0.29) is 33.5 Å². The number of pyridine rings is 2. The Morgan fingerprint density at radius 3 is 2.43 bits per heavy atom. The largest absolute Gasteiger partial charge is 0.489 e. The number of halogens is 4. The fraction of sp³-hybridized carbons (Fsp3) is 0.357. The average molecular weight is 627 g/mol. The van der Waals surface area contributed by atoms with Gasteiger partial charge in [0.2, 0.25) is 12.4 Å². The number of hydrogen-bond acceptors (Lipinski definition) is 9. The van der Waals surface area contributed by atoms with E-state index in [0.29, 0.717) is 34.2 Å². The van der Waals surface area contributed by atoms with Crippen molar-refractivity contribution in [3.8, 4) is 11.5 Å². The minimum atomic E-state index is -3.08. The molecule has 0 bridgehead atoms. The molecule has 4 rings (SSSR count). The molecule has 42 heavy (non-hydrogen) atoms. The zero-order valence-electron chi connectivity index (χ0n) is 22.6. The SMILES string of the molecule is CN(C)c1ccc(C(=O)OCC(=O)O[C@@H](Cc2c(Cl)c[n+](O)cc2Cl)c2ccc(OC(F)F)c(OCC3CC3)c2)cn1. The molecule has 10 nitrogen and oxygen atoms in total. The van der Waals surface area contributed by atoms with E-state index in [4.69, 9.17) is 37.4 Å². The summed E-state index contributed by atoms with van der Waals surface area (Å²) in [4.78, 5) is 31.2. The second kappa shape index (κ2) is 13.8. The number of nitrogens with zero attached hydrogens (tertiary/aromatic N) is 3. The van der Waals surface area contributed by atoms with Crippen molar-refractivity contribution in [1.29, 1.82) is 0 Å². The molecule has 224 valence electrons. The highest BCUT2D eigenvalue weighted by Gasteiger charge is 2.27. The number of ether oxygens (including phenoxy) is 4. The summed E-state index contributed by atoms with van der Waals surface area (Å²) in [6, 6.07) is 7.28. The molecule has 1 aliphatic rings. The van der Waals surface area contributed by atoms with Gasteiger partial charge in [-0.05, 0) is 48.6 Å². The average Bonchev–Trinajstić information content (AvgIpc) is 3.77. The van der Waals surface area contributed by atoms with E-state index in [1.165, 1.54) is 42.9 Å². The van der Waals surface area contributed by atoms with Gasteiger partial charge in [0.25, 0.3) is 0 Å². The van der Waals surface area contributed by atoms with Gasteiger partial charge in [0.05, 0.1) is 12.2 Å². The van der Waals surface area contributed by atoms with Crippen LogP contribution in [0.15, 0.2) is 48.9 Å². The lowest BCUT2D eigenvalue weighted by molar-refractivity contribution is -0.904. The Morgan fingerprint density at radius 2 is 1.83 bits per heavy atom. The molecule has 1 aliphatic carbocycles. The number of carbonyl (C=O) groups excluding carboxylic acids is 2. The smallest absolute Gasteiger partial charge is 0.387 e. The van der Waals surface area contributed by atoms with Crippen molar-refractivity contribution in [1.82, 2.24) is 4.98 Å². The Hall–Kier alpha value is -3.90. The highest BCUT2D eigenvalue weighted by Crippen LogP contribution is 2.37. The third-order valence-electron chi connectivity index (χ3n) is 6.22. The maximum atomic E-state index is 13.0. The summed E-state index contributed by atoms with van der Waals surface area (Å²) in [5.74, 6) is -0.882. The van der Waals surface area contributed by atoms with Crippen molar-refractivity contribution in [2.45, 2.75) is 32.0 Å². The molecule has 0 radical (unpaired) electrons. The lowest BCUT2D eigenvalue weighted by atomic mass is 10.0. The Kier molecular flexibility index (Phi) is 10.2. The van der Waals surface area contributed by atoms with Gasteiger partial charge in [0, 0.05) is 37.0 Å². The van der Waals surface area contributed by atoms with Gasteiger partial charge in [0.1, 0.15) is 22.0 Å². The van der Waals surface area contributed by atoms with Crippen molar-refractivity contribution in [2.75, 3.05) is 32.2 Å².